The Bertz CT molecular complexity index is 292. The van der Waals surface area contributed by atoms with Crippen LogP contribution in [0.15, 0.2) is 0 Å². The number of carbonyl (C=O) groups excluding carboxylic acids is 1. The van der Waals surface area contributed by atoms with Gasteiger partial charge >= 0.3 is 6.18 Å². The second-order valence-electron chi connectivity index (χ2n) is 4.69. The van der Waals surface area contributed by atoms with Crippen LogP contribution in [0, 0.1) is 5.92 Å². The van der Waals surface area contributed by atoms with E-state index < -0.39 is 30.9 Å². The molecule has 1 aliphatic rings. The summed E-state index contributed by atoms with van der Waals surface area (Å²) in [4.78, 5) is 12.9. The molecule has 7 heteroatoms. The molecule has 0 aromatic carbocycles. The van der Waals surface area contributed by atoms with Gasteiger partial charge in [-0.3, -0.25) is 4.79 Å². The van der Waals surface area contributed by atoms with Gasteiger partial charge in [-0.05, 0) is 25.7 Å². The van der Waals surface area contributed by atoms with E-state index in [9.17, 15) is 23.1 Å². The van der Waals surface area contributed by atoms with Gasteiger partial charge in [0.2, 0.25) is 0 Å². The zero-order chi connectivity index (χ0) is 13.9. The van der Waals surface area contributed by atoms with E-state index in [1.54, 1.807) is 0 Å². The zero-order valence-electron chi connectivity index (χ0n) is 10.4. The third-order valence-electron chi connectivity index (χ3n) is 2.85. The van der Waals surface area contributed by atoms with Crippen LogP contribution in [0.25, 0.3) is 0 Å². The first-order valence-corrected chi connectivity index (χ1v) is 5.82. The summed E-state index contributed by atoms with van der Waals surface area (Å²) < 4.78 is 40.2. The second-order valence-corrected chi connectivity index (χ2v) is 4.69. The van der Waals surface area contributed by atoms with Crippen molar-refractivity contribution in [3.63, 3.8) is 0 Å². The molecule has 2 unspecified atom stereocenters. The van der Waals surface area contributed by atoms with Crippen molar-refractivity contribution >= 4 is 5.91 Å². The number of aliphatic hydroxyl groups excluding tert-OH is 1. The Hall–Kier alpha value is -0.820. The molecule has 18 heavy (non-hydrogen) atoms. The molecule has 4 nitrogen and oxygen atoms in total. The van der Waals surface area contributed by atoms with Gasteiger partial charge in [0.25, 0.3) is 5.91 Å². The lowest BCUT2D eigenvalue weighted by Crippen LogP contribution is -2.42. The minimum atomic E-state index is -4.44. The number of carbonyl (C=O) groups is 1. The molecule has 1 saturated carbocycles. The Morgan fingerprint density at radius 3 is 2.50 bits per heavy atom. The Morgan fingerprint density at radius 1 is 1.50 bits per heavy atom. The molecule has 1 aliphatic carbocycles. The van der Waals surface area contributed by atoms with E-state index in [1.807, 2.05) is 0 Å². The number of rotatable bonds is 6. The Labute approximate surface area is 104 Å². The fourth-order valence-electron chi connectivity index (χ4n) is 1.60. The molecule has 1 amide bonds. The molecule has 0 aliphatic heterocycles. The van der Waals surface area contributed by atoms with Crippen LogP contribution >= 0.6 is 0 Å². The van der Waals surface area contributed by atoms with Crippen LogP contribution in [0.5, 0.6) is 0 Å². The predicted octanol–water partition coefficient (Wildman–Crippen LogP) is 1.18. The summed E-state index contributed by atoms with van der Waals surface area (Å²) in [7, 11) is 1.45. The van der Waals surface area contributed by atoms with Crippen LogP contribution in [0.3, 0.4) is 0 Å². The average Bonchev–Trinajstić information content (AvgIpc) is 3.07. The minimum absolute atomic E-state index is 0.128. The van der Waals surface area contributed by atoms with Crippen molar-refractivity contribution in [1.82, 2.24) is 4.90 Å². The summed E-state index contributed by atoms with van der Waals surface area (Å²) in [5, 5.41) is 9.63. The largest absolute Gasteiger partial charge is 0.411 e. The van der Waals surface area contributed by atoms with Crippen molar-refractivity contribution in [2.45, 2.75) is 38.1 Å². The zero-order valence-corrected chi connectivity index (χ0v) is 10.4. The minimum Gasteiger partial charge on any atom is -0.391 e. The van der Waals surface area contributed by atoms with Crippen LogP contribution in [0.2, 0.25) is 0 Å². The van der Waals surface area contributed by atoms with Crippen LogP contribution in [0.1, 0.15) is 19.8 Å². The number of nitrogens with zero attached hydrogens (tertiary/aromatic N) is 1. The van der Waals surface area contributed by atoms with Crippen LogP contribution < -0.4 is 0 Å². The van der Waals surface area contributed by atoms with Gasteiger partial charge in [-0.15, -0.1) is 0 Å². The van der Waals surface area contributed by atoms with Crippen molar-refractivity contribution in [1.29, 1.82) is 0 Å². The van der Waals surface area contributed by atoms with E-state index in [1.165, 1.54) is 18.9 Å². The molecule has 0 aromatic heterocycles. The normalized spacial score (nSPS) is 19.4. The number of aliphatic hydroxyl groups is 1. The maximum atomic E-state index is 11.9. The SMILES string of the molecule is CC(OCC(F)(F)F)C(=O)N(C)CC(O)C1CC1. The fourth-order valence-corrected chi connectivity index (χ4v) is 1.60. The van der Waals surface area contributed by atoms with Gasteiger partial charge in [-0.25, -0.2) is 0 Å². The number of likely N-dealkylation sites (N-methyl/N-ethyl adjacent to an activating group) is 1. The Morgan fingerprint density at radius 2 is 2.06 bits per heavy atom. The van der Waals surface area contributed by atoms with Crippen LogP contribution in [-0.2, 0) is 9.53 Å². The van der Waals surface area contributed by atoms with Gasteiger partial charge in [-0.1, -0.05) is 0 Å². The van der Waals surface area contributed by atoms with E-state index in [-0.39, 0.29) is 12.5 Å². The van der Waals surface area contributed by atoms with Gasteiger partial charge in [0.1, 0.15) is 12.7 Å². The number of hydrogen-bond acceptors (Lipinski definition) is 3. The molecule has 1 fully saturated rings. The van der Waals surface area contributed by atoms with Crippen LogP contribution in [0.4, 0.5) is 13.2 Å². The first-order chi connectivity index (χ1) is 8.20. The van der Waals surface area contributed by atoms with Gasteiger partial charge in [0, 0.05) is 13.6 Å². The predicted molar refractivity (Wildman–Crippen MR) is 57.8 cm³/mol. The van der Waals surface area contributed by atoms with E-state index in [0.717, 1.165) is 12.8 Å². The maximum absolute atomic E-state index is 11.9. The summed E-state index contributed by atoms with van der Waals surface area (Å²) >= 11 is 0. The first-order valence-electron chi connectivity index (χ1n) is 5.82. The maximum Gasteiger partial charge on any atom is 0.411 e. The Kier molecular flexibility index (Phi) is 4.98. The van der Waals surface area contributed by atoms with Crippen molar-refractivity contribution in [2.24, 2.45) is 5.92 Å². The van der Waals surface area contributed by atoms with Gasteiger partial charge < -0.3 is 14.7 Å². The molecular formula is C11H18F3NO3. The summed E-state index contributed by atoms with van der Waals surface area (Å²) in [5.41, 5.74) is 0. The van der Waals surface area contributed by atoms with Crippen LogP contribution in [-0.4, -0.2) is 54.5 Å². The lowest BCUT2D eigenvalue weighted by atomic mass is 10.2. The first kappa shape index (κ1) is 15.2. The lowest BCUT2D eigenvalue weighted by Gasteiger charge is -2.24. The fraction of sp³-hybridized carbons (Fsp3) is 0.909. The molecule has 0 radical (unpaired) electrons. The molecular weight excluding hydrogens is 251 g/mol. The highest BCUT2D eigenvalue weighted by Crippen LogP contribution is 2.32. The average molecular weight is 269 g/mol. The third-order valence-corrected chi connectivity index (χ3v) is 2.85. The van der Waals surface area contributed by atoms with E-state index in [0.29, 0.717) is 0 Å². The molecule has 1 rings (SSSR count). The van der Waals surface area contributed by atoms with Crippen molar-refractivity contribution in [3.8, 4) is 0 Å². The molecule has 0 bridgehead atoms. The number of amides is 1. The number of alkyl halides is 3. The smallest absolute Gasteiger partial charge is 0.391 e. The summed E-state index contributed by atoms with van der Waals surface area (Å²) in [5.74, 6) is -0.342. The topological polar surface area (TPSA) is 49.8 Å². The molecule has 2 atom stereocenters. The lowest BCUT2D eigenvalue weighted by molar-refractivity contribution is -0.188. The van der Waals surface area contributed by atoms with Crippen molar-refractivity contribution in [2.75, 3.05) is 20.2 Å². The summed E-state index contributed by atoms with van der Waals surface area (Å²) in [6, 6.07) is 0. The van der Waals surface area contributed by atoms with Gasteiger partial charge in [-0.2, -0.15) is 13.2 Å². The standard InChI is InChI=1S/C11H18F3NO3/c1-7(18-6-11(12,13)14)10(17)15(2)5-9(16)8-3-4-8/h7-9,16H,3-6H2,1-2H3. The molecule has 0 aromatic rings. The number of ether oxygens (including phenoxy) is 1. The monoisotopic (exact) mass is 269 g/mol. The third kappa shape index (κ3) is 5.22. The quantitative estimate of drug-likeness (QED) is 0.788. The highest BCUT2D eigenvalue weighted by Gasteiger charge is 2.33. The molecule has 0 spiro atoms. The van der Waals surface area contributed by atoms with Gasteiger partial charge in [0.05, 0.1) is 6.10 Å². The number of hydrogen-bond donors (Lipinski definition) is 1. The highest BCUT2D eigenvalue weighted by atomic mass is 19.4. The van der Waals surface area contributed by atoms with E-state index in [2.05, 4.69) is 4.74 Å². The van der Waals surface area contributed by atoms with Gasteiger partial charge in [0.15, 0.2) is 0 Å². The molecule has 0 saturated heterocycles. The number of halogens is 3. The summed E-state index contributed by atoms with van der Waals surface area (Å²) in [6.07, 6.45) is -4.34. The molecule has 0 heterocycles. The Balaban J connectivity index is 2.32. The van der Waals surface area contributed by atoms with E-state index in [4.69, 9.17) is 0 Å². The second kappa shape index (κ2) is 5.88. The van der Waals surface area contributed by atoms with Crippen molar-refractivity contribution < 1.29 is 27.8 Å². The van der Waals surface area contributed by atoms with Crippen molar-refractivity contribution in [3.05, 3.63) is 0 Å². The molecule has 106 valence electrons. The summed E-state index contributed by atoms with van der Waals surface area (Å²) in [6.45, 7) is -0.0454. The molecule has 1 N–H and O–H groups in total. The highest BCUT2D eigenvalue weighted by molar-refractivity contribution is 5.80. The van der Waals surface area contributed by atoms with E-state index >= 15 is 0 Å².